The number of pyridine rings is 1. The molecule has 4 aromatic rings. The third-order valence-electron chi connectivity index (χ3n) is 4.10. The Morgan fingerprint density at radius 2 is 1.65 bits per heavy atom. The maximum absolute atomic E-state index is 6.44. The Bertz CT molecular complexity index is 1070. The van der Waals surface area contributed by atoms with Crippen molar-refractivity contribution in [2.75, 3.05) is 0 Å². The van der Waals surface area contributed by atoms with Gasteiger partial charge in [-0.2, -0.15) is 0 Å². The fourth-order valence-electron chi connectivity index (χ4n) is 2.81. The summed E-state index contributed by atoms with van der Waals surface area (Å²) >= 11 is 9.88. The normalized spacial score (nSPS) is 11.5. The Hall–Kier alpha value is -2.43. The van der Waals surface area contributed by atoms with Gasteiger partial charge in [0.15, 0.2) is 5.65 Å². The van der Waals surface area contributed by atoms with Crippen molar-refractivity contribution >= 4 is 50.8 Å². The average Bonchev–Trinajstić information content (AvgIpc) is 3.03. The summed E-state index contributed by atoms with van der Waals surface area (Å²) in [6.07, 6.45) is 5.77. The second-order valence-corrected chi connectivity index (χ2v) is 7.11. The summed E-state index contributed by atoms with van der Waals surface area (Å²) in [7, 11) is 0. The molecule has 0 saturated carbocycles. The molecule has 3 nitrogen and oxygen atoms in total. The average molecular weight is 425 g/mol. The molecule has 0 unspecified atom stereocenters. The summed E-state index contributed by atoms with van der Waals surface area (Å²) in [5.41, 5.74) is 3.77. The number of fused-ring (bicyclic) bond motifs is 1. The summed E-state index contributed by atoms with van der Waals surface area (Å²) in [4.78, 5) is 9.28. The van der Waals surface area contributed by atoms with E-state index in [9.17, 15) is 0 Å². The predicted octanol–water partition coefficient (Wildman–Crippen LogP) is 6.07. The lowest BCUT2D eigenvalue weighted by Crippen LogP contribution is -2.03. The van der Waals surface area contributed by atoms with Crippen molar-refractivity contribution in [1.82, 2.24) is 14.5 Å². The van der Waals surface area contributed by atoms with Crippen LogP contribution in [0.25, 0.3) is 23.3 Å². The van der Waals surface area contributed by atoms with Crippen LogP contribution in [0.1, 0.15) is 17.0 Å². The van der Waals surface area contributed by atoms with Gasteiger partial charge >= 0.3 is 0 Å². The molecule has 2 aromatic carbocycles. The van der Waals surface area contributed by atoms with E-state index in [0.29, 0.717) is 17.1 Å². The third-order valence-corrected chi connectivity index (χ3v) is 5.31. The van der Waals surface area contributed by atoms with E-state index in [-0.39, 0.29) is 0 Å². The van der Waals surface area contributed by atoms with E-state index in [1.807, 2.05) is 48.6 Å². The van der Waals surface area contributed by atoms with Gasteiger partial charge in [-0.3, -0.25) is 0 Å². The van der Waals surface area contributed by atoms with E-state index in [2.05, 4.69) is 49.7 Å². The van der Waals surface area contributed by atoms with Gasteiger partial charge in [0.05, 0.1) is 16.0 Å². The molecular weight excluding hydrogens is 410 g/mol. The first-order valence-corrected chi connectivity index (χ1v) is 9.37. The molecule has 4 rings (SSSR count). The lowest BCUT2D eigenvalue weighted by Gasteiger charge is -2.07. The Balaban J connectivity index is 1.83. The van der Waals surface area contributed by atoms with Crippen molar-refractivity contribution < 1.29 is 0 Å². The van der Waals surface area contributed by atoms with E-state index >= 15 is 0 Å². The molecule has 26 heavy (non-hydrogen) atoms. The van der Waals surface area contributed by atoms with Crippen molar-refractivity contribution in [3.05, 3.63) is 93.3 Å². The smallest absolute Gasteiger partial charge is 0.162 e. The van der Waals surface area contributed by atoms with Crippen LogP contribution < -0.4 is 0 Å². The van der Waals surface area contributed by atoms with Crippen LogP contribution in [0, 0.1) is 0 Å². The minimum atomic E-state index is 0.580. The van der Waals surface area contributed by atoms with E-state index in [0.717, 1.165) is 21.5 Å². The number of benzene rings is 2. The molecular formula is C21H15BrClN3. The van der Waals surface area contributed by atoms with Gasteiger partial charge in [-0.25, -0.2) is 9.97 Å². The number of halogens is 2. The number of nitrogens with zero attached hydrogens (tertiary/aromatic N) is 3. The van der Waals surface area contributed by atoms with Crippen LogP contribution in [0.15, 0.2) is 71.3 Å². The van der Waals surface area contributed by atoms with Crippen molar-refractivity contribution in [2.45, 2.75) is 6.54 Å². The monoisotopic (exact) mass is 423 g/mol. The van der Waals surface area contributed by atoms with Crippen LogP contribution in [0.3, 0.4) is 0 Å². The van der Waals surface area contributed by atoms with Gasteiger partial charge in [0.1, 0.15) is 11.3 Å². The molecule has 0 saturated heterocycles. The lowest BCUT2D eigenvalue weighted by atomic mass is 10.2. The molecule has 0 aliphatic rings. The number of rotatable bonds is 4. The van der Waals surface area contributed by atoms with Crippen molar-refractivity contribution in [2.24, 2.45) is 0 Å². The second kappa shape index (κ2) is 7.44. The summed E-state index contributed by atoms with van der Waals surface area (Å²) < 4.78 is 2.83. The van der Waals surface area contributed by atoms with Gasteiger partial charge < -0.3 is 4.57 Å². The van der Waals surface area contributed by atoms with Gasteiger partial charge in [-0.1, -0.05) is 78.3 Å². The highest BCUT2D eigenvalue weighted by Gasteiger charge is 2.15. The molecule has 2 heterocycles. The number of hydrogen-bond acceptors (Lipinski definition) is 2. The molecule has 0 aliphatic carbocycles. The third kappa shape index (κ3) is 3.43. The molecule has 0 atom stereocenters. The zero-order chi connectivity index (χ0) is 17.9. The fraction of sp³-hybridized carbons (Fsp3) is 0.0476. The maximum atomic E-state index is 6.44. The highest BCUT2D eigenvalue weighted by molar-refractivity contribution is 9.10. The molecule has 5 heteroatoms. The molecule has 128 valence electrons. The molecule has 0 bridgehead atoms. The first-order chi connectivity index (χ1) is 12.7. The summed E-state index contributed by atoms with van der Waals surface area (Å²) in [5, 5.41) is 0.580. The minimum absolute atomic E-state index is 0.580. The first kappa shape index (κ1) is 17.0. The topological polar surface area (TPSA) is 30.7 Å². The van der Waals surface area contributed by atoms with Crippen LogP contribution in [0.5, 0.6) is 0 Å². The molecule has 0 N–H and O–H groups in total. The maximum Gasteiger partial charge on any atom is 0.162 e. The number of imidazole rings is 1. The SMILES string of the molecule is Clc1c(Br)cnc2c1nc(/C=C/c1ccccc1)n2Cc1ccccc1. The van der Waals surface area contributed by atoms with Crippen molar-refractivity contribution in [3.63, 3.8) is 0 Å². The Morgan fingerprint density at radius 1 is 0.962 bits per heavy atom. The number of hydrogen-bond donors (Lipinski definition) is 0. The first-order valence-electron chi connectivity index (χ1n) is 8.19. The van der Waals surface area contributed by atoms with E-state index in [1.54, 1.807) is 6.20 Å². The molecule has 0 spiro atoms. The van der Waals surface area contributed by atoms with Crippen LogP contribution in [0.2, 0.25) is 5.02 Å². The Kier molecular flexibility index (Phi) is 4.87. The zero-order valence-electron chi connectivity index (χ0n) is 13.8. The van der Waals surface area contributed by atoms with Gasteiger partial charge in [-0.05, 0) is 33.1 Å². The van der Waals surface area contributed by atoms with Crippen LogP contribution in [0.4, 0.5) is 0 Å². The lowest BCUT2D eigenvalue weighted by molar-refractivity contribution is 0.804. The molecule has 0 radical (unpaired) electrons. The Labute approximate surface area is 165 Å². The van der Waals surface area contributed by atoms with Gasteiger partial charge in [-0.15, -0.1) is 0 Å². The van der Waals surface area contributed by atoms with E-state index in [4.69, 9.17) is 16.6 Å². The zero-order valence-corrected chi connectivity index (χ0v) is 16.2. The summed E-state index contributed by atoms with van der Waals surface area (Å²) in [6, 6.07) is 20.4. The Morgan fingerprint density at radius 3 is 2.38 bits per heavy atom. The van der Waals surface area contributed by atoms with Crippen molar-refractivity contribution in [3.8, 4) is 0 Å². The molecule has 0 fully saturated rings. The molecule has 0 aliphatic heterocycles. The summed E-state index contributed by atoms with van der Waals surface area (Å²) in [6.45, 7) is 0.677. The van der Waals surface area contributed by atoms with E-state index < -0.39 is 0 Å². The standard InChI is InChI=1S/C21H15BrClN3/c22-17-13-24-21-20(19(17)23)25-18(12-11-15-7-3-1-4-8-15)26(21)14-16-9-5-2-6-10-16/h1-13H,14H2/b12-11+. The molecule has 2 aromatic heterocycles. The quantitative estimate of drug-likeness (QED) is 0.398. The summed E-state index contributed by atoms with van der Waals surface area (Å²) in [5.74, 6) is 0.820. The highest BCUT2D eigenvalue weighted by atomic mass is 79.9. The predicted molar refractivity (Wildman–Crippen MR) is 111 cm³/mol. The van der Waals surface area contributed by atoms with Crippen LogP contribution >= 0.6 is 27.5 Å². The van der Waals surface area contributed by atoms with E-state index in [1.165, 1.54) is 5.56 Å². The molecule has 0 amide bonds. The van der Waals surface area contributed by atoms with Gasteiger partial charge in [0, 0.05) is 6.20 Å². The van der Waals surface area contributed by atoms with Crippen LogP contribution in [-0.2, 0) is 6.54 Å². The highest BCUT2D eigenvalue weighted by Crippen LogP contribution is 2.30. The minimum Gasteiger partial charge on any atom is -0.305 e. The second-order valence-electron chi connectivity index (χ2n) is 5.88. The fourth-order valence-corrected chi connectivity index (χ4v) is 3.28. The van der Waals surface area contributed by atoms with Crippen LogP contribution in [-0.4, -0.2) is 14.5 Å². The van der Waals surface area contributed by atoms with Gasteiger partial charge in [0.25, 0.3) is 0 Å². The van der Waals surface area contributed by atoms with Crippen molar-refractivity contribution in [1.29, 1.82) is 0 Å². The van der Waals surface area contributed by atoms with Gasteiger partial charge in [0.2, 0.25) is 0 Å². The largest absolute Gasteiger partial charge is 0.305 e. The number of aromatic nitrogens is 3.